The highest BCUT2D eigenvalue weighted by molar-refractivity contribution is 5.96. The number of amides is 3. The molecule has 1 aromatic carbocycles. The Morgan fingerprint density at radius 3 is 2.85 bits per heavy atom. The number of nitrogens with zero attached hydrogens (tertiary/aromatic N) is 3. The first-order chi connectivity index (χ1) is 15.9. The second-order valence-corrected chi connectivity index (χ2v) is 9.62. The van der Waals surface area contributed by atoms with E-state index in [0.717, 1.165) is 37.9 Å². The quantitative estimate of drug-likeness (QED) is 0.605. The smallest absolute Gasteiger partial charge is 0.324 e. The lowest BCUT2D eigenvalue weighted by Crippen LogP contribution is -2.55. The van der Waals surface area contributed by atoms with Crippen LogP contribution in [0.5, 0.6) is 0 Å². The third-order valence-electron chi connectivity index (χ3n) is 7.11. The van der Waals surface area contributed by atoms with Gasteiger partial charge in [0.15, 0.2) is 0 Å². The number of fused-ring (bicyclic) bond motifs is 2. The molecule has 1 aliphatic carbocycles. The second kappa shape index (κ2) is 10.1. The molecule has 178 valence electrons. The Hall–Kier alpha value is -2.64. The number of H-pyrrole nitrogens is 1. The summed E-state index contributed by atoms with van der Waals surface area (Å²) in [6, 6.07) is 6.50. The summed E-state index contributed by atoms with van der Waals surface area (Å²) in [5, 5.41) is 4.16. The van der Waals surface area contributed by atoms with Gasteiger partial charge in [-0.1, -0.05) is 18.2 Å². The van der Waals surface area contributed by atoms with E-state index in [1.54, 1.807) is 0 Å². The van der Waals surface area contributed by atoms with Crippen LogP contribution in [0.3, 0.4) is 0 Å². The number of nitrogens with one attached hydrogen (secondary N) is 2. The van der Waals surface area contributed by atoms with E-state index in [2.05, 4.69) is 51.1 Å². The highest BCUT2D eigenvalue weighted by Gasteiger charge is 2.43. The van der Waals surface area contributed by atoms with E-state index < -0.39 is 0 Å². The molecule has 1 unspecified atom stereocenters. The maximum absolute atomic E-state index is 13.7. The zero-order valence-corrected chi connectivity index (χ0v) is 20.1. The van der Waals surface area contributed by atoms with Crippen LogP contribution in [0, 0.1) is 5.92 Å². The molecule has 3 atom stereocenters. The maximum Gasteiger partial charge on any atom is 0.324 e. The van der Waals surface area contributed by atoms with E-state index in [0.29, 0.717) is 25.7 Å². The molecule has 7 nitrogen and oxygen atoms in total. The monoisotopic (exact) mass is 451 g/mol. The van der Waals surface area contributed by atoms with Crippen molar-refractivity contribution >= 4 is 22.8 Å². The molecular weight excluding hydrogens is 414 g/mol. The van der Waals surface area contributed by atoms with Gasteiger partial charge in [0.2, 0.25) is 5.91 Å². The van der Waals surface area contributed by atoms with Crippen molar-refractivity contribution in [3.05, 3.63) is 48.2 Å². The minimum absolute atomic E-state index is 0.0562. The Kier molecular flexibility index (Phi) is 7.20. The van der Waals surface area contributed by atoms with Crippen LogP contribution in [0.1, 0.15) is 36.8 Å². The van der Waals surface area contributed by atoms with E-state index in [1.165, 1.54) is 21.4 Å². The number of piperidine rings is 1. The van der Waals surface area contributed by atoms with Crippen molar-refractivity contribution in [1.29, 1.82) is 0 Å². The first-order valence-corrected chi connectivity index (χ1v) is 12.1. The van der Waals surface area contributed by atoms with Crippen LogP contribution in [-0.4, -0.2) is 84.5 Å². The summed E-state index contributed by atoms with van der Waals surface area (Å²) in [6.07, 6.45) is 6.56. The van der Waals surface area contributed by atoms with Gasteiger partial charge in [-0.3, -0.25) is 14.6 Å². The number of hydrogen-bond acceptors (Lipinski definition) is 4. The lowest BCUT2D eigenvalue weighted by atomic mass is 9.72. The molecule has 0 saturated carbocycles. The zero-order valence-electron chi connectivity index (χ0n) is 20.1. The van der Waals surface area contributed by atoms with Gasteiger partial charge in [0.25, 0.3) is 0 Å². The lowest BCUT2D eigenvalue weighted by Gasteiger charge is -2.47. The number of hydrogen-bond donors (Lipinski definition) is 2. The van der Waals surface area contributed by atoms with Crippen LogP contribution in [0.4, 0.5) is 4.79 Å². The van der Waals surface area contributed by atoms with Gasteiger partial charge >= 0.3 is 6.03 Å². The molecule has 1 saturated heterocycles. The van der Waals surface area contributed by atoms with Gasteiger partial charge < -0.3 is 15.2 Å². The molecule has 2 N–H and O–H groups in total. The first-order valence-electron chi connectivity index (χ1n) is 12.1. The fourth-order valence-electron chi connectivity index (χ4n) is 5.68. The van der Waals surface area contributed by atoms with Crippen LogP contribution in [0.15, 0.2) is 37.1 Å². The number of urea groups is 1. The number of benzene rings is 1. The Bertz CT molecular complexity index is 1010. The third kappa shape index (κ3) is 4.70. The van der Waals surface area contributed by atoms with E-state index in [1.807, 2.05) is 27.1 Å². The molecule has 7 heteroatoms. The molecule has 33 heavy (non-hydrogen) atoms. The van der Waals surface area contributed by atoms with Crippen LogP contribution in [-0.2, 0) is 11.2 Å². The third-order valence-corrected chi connectivity index (χ3v) is 7.11. The van der Waals surface area contributed by atoms with Crippen LogP contribution in [0.25, 0.3) is 10.9 Å². The number of aromatic nitrogens is 1. The molecule has 0 spiro atoms. The van der Waals surface area contributed by atoms with Gasteiger partial charge in [0, 0.05) is 55.2 Å². The fraction of sp³-hybridized carbons (Fsp3) is 0.538. The minimum Gasteiger partial charge on any atom is -0.361 e. The maximum atomic E-state index is 13.7. The predicted octanol–water partition coefficient (Wildman–Crippen LogP) is 3.19. The molecule has 0 bridgehead atoms. The summed E-state index contributed by atoms with van der Waals surface area (Å²) in [4.78, 5) is 35.9. The van der Waals surface area contributed by atoms with Gasteiger partial charge in [-0.05, 0) is 64.0 Å². The summed E-state index contributed by atoms with van der Waals surface area (Å²) in [5.74, 6) is -0.0133. The average Bonchev–Trinajstić information content (AvgIpc) is 3.21. The normalized spacial score (nSPS) is 22.2. The Morgan fingerprint density at radius 2 is 2.12 bits per heavy atom. The van der Waals surface area contributed by atoms with Crippen molar-refractivity contribution in [2.45, 2.75) is 38.1 Å². The molecular formula is C26H37N5O2. The van der Waals surface area contributed by atoms with E-state index >= 15 is 0 Å². The van der Waals surface area contributed by atoms with Gasteiger partial charge in [-0.25, -0.2) is 4.79 Å². The van der Waals surface area contributed by atoms with Crippen molar-refractivity contribution in [3.8, 4) is 0 Å². The molecule has 1 aromatic heterocycles. The Balaban J connectivity index is 1.61. The van der Waals surface area contributed by atoms with Crippen molar-refractivity contribution in [2.24, 2.45) is 5.92 Å². The summed E-state index contributed by atoms with van der Waals surface area (Å²) < 4.78 is 0. The molecule has 4 rings (SSSR count). The number of rotatable bonds is 8. The van der Waals surface area contributed by atoms with E-state index in [4.69, 9.17) is 0 Å². The standard InChI is InChI=1S/C26H37N5O2/c1-5-11-30-17-19(25(32)31(26(33)27-6-2)13-8-12-29(3)4)14-21-20-9-7-10-22-24(20)18(16-28-22)15-23(21)30/h5,7,9-10,16,19,21,23,28H,1,6,8,11-15,17H2,2-4H3,(H,27,33)/t19-,21?,23+/m0/s1. The number of likely N-dealkylation sites (tertiary alicyclic amines) is 1. The number of imide groups is 1. The van der Waals surface area contributed by atoms with Crippen molar-refractivity contribution in [2.75, 3.05) is 46.8 Å². The average molecular weight is 452 g/mol. The molecule has 1 fully saturated rings. The second-order valence-electron chi connectivity index (χ2n) is 9.62. The summed E-state index contributed by atoms with van der Waals surface area (Å²) >= 11 is 0. The first kappa shape index (κ1) is 23.5. The van der Waals surface area contributed by atoms with Crippen LogP contribution >= 0.6 is 0 Å². The van der Waals surface area contributed by atoms with Crippen molar-refractivity contribution in [3.63, 3.8) is 0 Å². The number of carbonyl (C=O) groups excluding carboxylic acids is 2. The SMILES string of the molecule is C=CCN1C[C@@H](C(=O)N(CCCN(C)C)C(=O)NCC)CC2c3cccc4[nH]cc(c34)C[C@H]21. The van der Waals surface area contributed by atoms with Gasteiger partial charge in [0.1, 0.15) is 0 Å². The summed E-state index contributed by atoms with van der Waals surface area (Å²) in [6.45, 7) is 9.02. The topological polar surface area (TPSA) is 71.7 Å². The highest BCUT2D eigenvalue weighted by atomic mass is 16.2. The molecule has 0 radical (unpaired) electrons. The molecule has 2 heterocycles. The minimum atomic E-state index is -0.280. The Morgan fingerprint density at radius 1 is 1.30 bits per heavy atom. The molecule has 1 aliphatic heterocycles. The van der Waals surface area contributed by atoms with Gasteiger partial charge in [-0.2, -0.15) is 0 Å². The number of aromatic amines is 1. The largest absolute Gasteiger partial charge is 0.361 e. The highest BCUT2D eigenvalue weighted by Crippen LogP contribution is 2.45. The van der Waals surface area contributed by atoms with E-state index in [9.17, 15) is 9.59 Å². The lowest BCUT2D eigenvalue weighted by molar-refractivity contribution is -0.135. The zero-order chi connectivity index (χ0) is 23.5. The number of carbonyl (C=O) groups is 2. The Labute approximate surface area is 196 Å². The predicted molar refractivity (Wildman–Crippen MR) is 132 cm³/mol. The molecule has 3 amide bonds. The van der Waals surface area contributed by atoms with Crippen LogP contribution < -0.4 is 5.32 Å². The summed E-state index contributed by atoms with van der Waals surface area (Å²) in [5.41, 5.74) is 3.84. The van der Waals surface area contributed by atoms with E-state index in [-0.39, 0.29) is 23.8 Å². The van der Waals surface area contributed by atoms with Crippen molar-refractivity contribution < 1.29 is 9.59 Å². The van der Waals surface area contributed by atoms with Gasteiger partial charge in [0.05, 0.1) is 5.92 Å². The van der Waals surface area contributed by atoms with Crippen LogP contribution in [0.2, 0.25) is 0 Å². The molecule has 2 aliphatic rings. The summed E-state index contributed by atoms with van der Waals surface area (Å²) in [7, 11) is 4.01. The van der Waals surface area contributed by atoms with Gasteiger partial charge in [-0.15, -0.1) is 6.58 Å². The fourth-order valence-corrected chi connectivity index (χ4v) is 5.68. The van der Waals surface area contributed by atoms with Crippen molar-refractivity contribution in [1.82, 2.24) is 25.0 Å². The molecule has 2 aromatic rings.